The normalized spacial score (nSPS) is 10.4. The third-order valence-electron chi connectivity index (χ3n) is 1.17. The van der Waals surface area contributed by atoms with Crippen LogP contribution in [0.3, 0.4) is 0 Å². The molecule has 0 bridgehead atoms. The van der Waals surface area contributed by atoms with E-state index < -0.39 is 11.9 Å². The van der Waals surface area contributed by atoms with Gasteiger partial charge in [-0.25, -0.2) is 9.78 Å². The second kappa shape index (κ2) is 3.61. The van der Waals surface area contributed by atoms with E-state index in [-0.39, 0.29) is 0 Å². The van der Waals surface area contributed by atoms with Gasteiger partial charge in [-0.2, -0.15) is 4.39 Å². The second-order valence-corrected chi connectivity index (χ2v) is 2.08. The van der Waals surface area contributed by atoms with Crippen LogP contribution in [0.25, 0.3) is 6.08 Å². The van der Waals surface area contributed by atoms with Gasteiger partial charge in [-0.15, -0.1) is 0 Å². The molecule has 0 radical (unpaired) electrons. The second-order valence-electron chi connectivity index (χ2n) is 2.08. The molecule has 3 nitrogen and oxygen atoms in total. The minimum Gasteiger partial charge on any atom is -0.478 e. The lowest BCUT2D eigenvalue weighted by Crippen LogP contribution is -1.86. The lowest BCUT2D eigenvalue weighted by molar-refractivity contribution is -0.131. The average molecular weight is 167 g/mol. The summed E-state index contributed by atoms with van der Waals surface area (Å²) in [5, 5.41) is 8.25. The Hall–Kier alpha value is -1.71. The van der Waals surface area contributed by atoms with Crippen molar-refractivity contribution in [2.24, 2.45) is 0 Å². The zero-order valence-corrected chi connectivity index (χ0v) is 6.07. The van der Waals surface area contributed by atoms with Crippen LogP contribution in [0.4, 0.5) is 4.39 Å². The van der Waals surface area contributed by atoms with Crippen molar-refractivity contribution in [2.75, 3.05) is 0 Å². The maximum Gasteiger partial charge on any atom is 0.328 e. The molecule has 0 saturated heterocycles. The van der Waals surface area contributed by atoms with E-state index in [9.17, 15) is 9.18 Å². The first-order chi connectivity index (χ1) is 5.68. The van der Waals surface area contributed by atoms with E-state index >= 15 is 0 Å². The fourth-order valence-electron chi connectivity index (χ4n) is 0.689. The highest BCUT2D eigenvalue weighted by atomic mass is 19.1. The van der Waals surface area contributed by atoms with E-state index in [0.29, 0.717) is 5.56 Å². The highest BCUT2D eigenvalue weighted by molar-refractivity contribution is 5.85. The van der Waals surface area contributed by atoms with Crippen LogP contribution in [-0.2, 0) is 4.79 Å². The van der Waals surface area contributed by atoms with Crippen molar-refractivity contribution < 1.29 is 14.3 Å². The summed E-state index contributed by atoms with van der Waals surface area (Å²) in [7, 11) is 0. The molecule has 4 heteroatoms. The van der Waals surface area contributed by atoms with Crippen molar-refractivity contribution in [2.45, 2.75) is 0 Å². The van der Waals surface area contributed by atoms with E-state index in [4.69, 9.17) is 5.11 Å². The molecule has 1 aromatic heterocycles. The van der Waals surface area contributed by atoms with Gasteiger partial charge in [0.15, 0.2) is 0 Å². The fraction of sp³-hybridized carbons (Fsp3) is 0. The van der Waals surface area contributed by atoms with E-state index in [0.717, 1.165) is 12.1 Å². The largest absolute Gasteiger partial charge is 0.478 e. The molecule has 1 rings (SSSR count). The van der Waals surface area contributed by atoms with Crippen molar-refractivity contribution in [1.29, 1.82) is 0 Å². The molecule has 1 aromatic rings. The predicted molar refractivity (Wildman–Crippen MR) is 40.9 cm³/mol. The van der Waals surface area contributed by atoms with Crippen LogP contribution in [0.2, 0.25) is 0 Å². The molecule has 0 saturated carbocycles. The SMILES string of the molecule is O=C(O)C=Cc1ccnc(F)c1. The molecule has 1 heterocycles. The summed E-state index contributed by atoms with van der Waals surface area (Å²) >= 11 is 0. The van der Waals surface area contributed by atoms with Crippen LogP contribution < -0.4 is 0 Å². The number of carbonyl (C=O) groups is 1. The Morgan fingerprint density at radius 1 is 1.67 bits per heavy atom. The van der Waals surface area contributed by atoms with Gasteiger partial charge in [0.05, 0.1) is 0 Å². The predicted octanol–water partition coefficient (Wildman–Crippen LogP) is 1.32. The Kier molecular flexibility index (Phi) is 2.53. The molecule has 0 aliphatic rings. The number of aliphatic carboxylic acids is 1. The van der Waals surface area contributed by atoms with Crippen molar-refractivity contribution in [3.63, 3.8) is 0 Å². The average Bonchev–Trinajstić information content (AvgIpc) is 2.01. The number of aromatic nitrogens is 1. The molecule has 0 spiro atoms. The van der Waals surface area contributed by atoms with E-state index in [1.165, 1.54) is 18.3 Å². The highest BCUT2D eigenvalue weighted by Gasteiger charge is 1.92. The number of rotatable bonds is 2. The number of pyridine rings is 1. The lowest BCUT2D eigenvalue weighted by Gasteiger charge is -1.90. The molecule has 12 heavy (non-hydrogen) atoms. The van der Waals surface area contributed by atoms with Crippen LogP contribution in [0.1, 0.15) is 5.56 Å². The molecule has 0 aromatic carbocycles. The van der Waals surface area contributed by atoms with Crippen molar-refractivity contribution in [1.82, 2.24) is 4.98 Å². The number of carboxylic acids is 1. The smallest absolute Gasteiger partial charge is 0.328 e. The van der Waals surface area contributed by atoms with Crippen LogP contribution in [0, 0.1) is 5.95 Å². The Bertz CT molecular complexity index is 323. The van der Waals surface area contributed by atoms with E-state index in [2.05, 4.69) is 4.98 Å². The van der Waals surface area contributed by atoms with Gasteiger partial charge in [0.25, 0.3) is 0 Å². The van der Waals surface area contributed by atoms with Crippen molar-refractivity contribution in [3.05, 3.63) is 35.9 Å². The Labute approximate surface area is 68.2 Å². The van der Waals surface area contributed by atoms with Crippen LogP contribution in [0.15, 0.2) is 24.4 Å². The molecule has 1 N–H and O–H groups in total. The van der Waals surface area contributed by atoms with Gasteiger partial charge in [-0.05, 0) is 17.7 Å². The van der Waals surface area contributed by atoms with Gasteiger partial charge >= 0.3 is 5.97 Å². The first kappa shape index (κ1) is 8.39. The zero-order chi connectivity index (χ0) is 8.97. The van der Waals surface area contributed by atoms with Crippen molar-refractivity contribution >= 4 is 12.0 Å². The molecular formula is C8H6FNO2. The van der Waals surface area contributed by atoms with Gasteiger partial charge in [0.2, 0.25) is 5.95 Å². The fourth-order valence-corrected chi connectivity index (χ4v) is 0.689. The Morgan fingerprint density at radius 2 is 2.42 bits per heavy atom. The number of carboxylic acid groups (broad SMARTS) is 1. The Balaban J connectivity index is 2.83. The number of hydrogen-bond acceptors (Lipinski definition) is 2. The molecule has 0 aliphatic carbocycles. The molecule has 0 atom stereocenters. The molecule has 0 fully saturated rings. The maximum atomic E-state index is 12.4. The number of hydrogen-bond donors (Lipinski definition) is 1. The highest BCUT2D eigenvalue weighted by Crippen LogP contribution is 2.02. The number of nitrogens with zero attached hydrogens (tertiary/aromatic N) is 1. The van der Waals surface area contributed by atoms with E-state index in [1.807, 2.05) is 0 Å². The zero-order valence-electron chi connectivity index (χ0n) is 6.07. The standard InChI is InChI=1S/C8H6FNO2/c9-7-5-6(3-4-10-7)1-2-8(11)12/h1-5H,(H,11,12). The topological polar surface area (TPSA) is 50.2 Å². The molecule has 0 amide bonds. The summed E-state index contributed by atoms with van der Waals surface area (Å²) in [5.41, 5.74) is 0.477. The summed E-state index contributed by atoms with van der Waals surface area (Å²) in [5.74, 6) is -1.69. The summed E-state index contributed by atoms with van der Waals surface area (Å²) in [4.78, 5) is 13.4. The Morgan fingerprint density at radius 3 is 3.00 bits per heavy atom. The summed E-state index contributed by atoms with van der Waals surface area (Å²) in [6.07, 6.45) is 3.51. The van der Waals surface area contributed by atoms with Crippen LogP contribution in [0.5, 0.6) is 0 Å². The monoisotopic (exact) mass is 167 g/mol. The first-order valence-corrected chi connectivity index (χ1v) is 3.21. The molecule has 62 valence electrons. The van der Waals surface area contributed by atoms with E-state index in [1.54, 1.807) is 0 Å². The third kappa shape index (κ3) is 2.49. The molecular weight excluding hydrogens is 161 g/mol. The van der Waals surface area contributed by atoms with Gasteiger partial charge < -0.3 is 5.11 Å². The van der Waals surface area contributed by atoms with Gasteiger partial charge in [0.1, 0.15) is 0 Å². The quantitative estimate of drug-likeness (QED) is 0.533. The third-order valence-corrected chi connectivity index (χ3v) is 1.17. The lowest BCUT2D eigenvalue weighted by atomic mass is 10.2. The minimum absolute atomic E-state index is 0.477. The minimum atomic E-state index is -1.06. The van der Waals surface area contributed by atoms with Crippen molar-refractivity contribution in [3.8, 4) is 0 Å². The van der Waals surface area contributed by atoms with Gasteiger partial charge in [0, 0.05) is 18.3 Å². The van der Waals surface area contributed by atoms with Gasteiger partial charge in [-0.1, -0.05) is 0 Å². The summed E-state index contributed by atoms with van der Waals surface area (Å²) in [6.45, 7) is 0. The molecule has 0 aliphatic heterocycles. The van der Waals surface area contributed by atoms with Gasteiger partial charge in [-0.3, -0.25) is 0 Å². The molecule has 0 unspecified atom stereocenters. The number of halogens is 1. The summed E-state index contributed by atoms with van der Waals surface area (Å²) < 4.78 is 12.4. The van der Waals surface area contributed by atoms with Crippen LogP contribution >= 0.6 is 0 Å². The summed E-state index contributed by atoms with van der Waals surface area (Å²) in [6, 6.07) is 2.67. The first-order valence-electron chi connectivity index (χ1n) is 3.21. The van der Waals surface area contributed by atoms with Crippen LogP contribution in [-0.4, -0.2) is 16.1 Å². The maximum absolute atomic E-state index is 12.4.